The van der Waals surface area contributed by atoms with E-state index in [1.807, 2.05) is 32.3 Å². The molecule has 3 aromatic rings. The normalized spacial score (nSPS) is 12.2. The van der Waals surface area contributed by atoms with Crippen molar-refractivity contribution in [1.82, 2.24) is 19.7 Å². The maximum atomic E-state index is 12.5. The van der Waals surface area contributed by atoms with E-state index in [0.29, 0.717) is 27.4 Å². The second kappa shape index (κ2) is 11.0. The van der Waals surface area contributed by atoms with Crippen LogP contribution in [0.4, 0.5) is 5.69 Å². The Hall–Kier alpha value is -2.06. The van der Waals surface area contributed by atoms with Crippen LogP contribution >= 0.6 is 35.0 Å². The lowest BCUT2D eigenvalue weighted by atomic mass is 10.2. The van der Waals surface area contributed by atoms with Crippen LogP contribution in [0.2, 0.25) is 10.0 Å². The highest BCUT2D eigenvalue weighted by Crippen LogP contribution is 2.30. The fourth-order valence-corrected chi connectivity index (χ4v) is 4.36. The number of benzene rings is 2. The van der Waals surface area contributed by atoms with E-state index >= 15 is 0 Å². The minimum Gasteiger partial charge on any atom is -0.324 e. The maximum absolute atomic E-state index is 12.5. The van der Waals surface area contributed by atoms with Crippen molar-refractivity contribution in [3.63, 3.8) is 0 Å². The lowest BCUT2D eigenvalue weighted by Crippen LogP contribution is -2.23. The number of hydrogen-bond donors (Lipinski definition) is 1. The maximum Gasteiger partial charge on any atom is 0.234 e. The van der Waals surface area contributed by atoms with E-state index in [2.05, 4.69) is 44.0 Å². The predicted molar refractivity (Wildman–Crippen MR) is 128 cm³/mol. The van der Waals surface area contributed by atoms with E-state index in [-0.39, 0.29) is 17.7 Å². The Morgan fingerprint density at radius 1 is 1.13 bits per heavy atom. The number of aromatic nitrogens is 3. The summed E-state index contributed by atoms with van der Waals surface area (Å²) in [5.41, 5.74) is 1.64. The summed E-state index contributed by atoms with van der Waals surface area (Å²) in [7, 11) is 4.06. The van der Waals surface area contributed by atoms with Crippen LogP contribution in [0.15, 0.2) is 53.7 Å². The van der Waals surface area contributed by atoms with Gasteiger partial charge in [-0.3, -0.25) is 9.69 Å². The van der Waals surface area contributed by atoms with Crippen molar-refractivity contribution in [3.05, 3.63) is 70.0 Å². The van der Waals surface area contributed by atoms with Crippen LogP contribution in [-0.4, -0.2) is 45.4 Å². The molecule has 0 fully saturated rings. The van der Waals surface area contributed by atoms with Crippen LogP contribution in [0.25, 0.3) is 0 Å². The Morgan fingerprint density at radius 3 is 2.55 bits per heavy atom. The van der Waals surface area contributed by atoms with Gasteiger partial charge in [-0.15, -0.1) is 10.2 Å². The minimum absolute atomic E-state index is 0.129. The lowest BCUT2D eigenvalue weighted by Gasteiger charge is -2.23. The van der Waals surface area contributed by atoms with Gasteiger partial charge in [-0.1, -0.05) is 78.3 Å². The molecule has 1 N–H and O–H groups in total. The van der Waals surface area contributed by atoms with Crippen LogP contribution in [0.5, 0.6) is 0 Å². The number of halogens is 2. The van der Waals surface area contributed by atoms with Crippen LogP contribution in [0, 0.1) is 0 Å². The molecular formula is C22H25Cl2N5OS. The predicted octanol–water partition coefficient (Wildman–Crippen LogP) is 5.38. The first-order valence-corrected chi connectivity index (χ1v) is 11.6. The quantitative estimate of drug-likeness (QED) is 0.419. The summed E-state index contributed by atoms with van der Waals surface area (Å²) in [6.07, 6.45) is 0.901. The van der Waals surface area contributed by atoms with Gasteiger partial charge in [0.1, 0.15) is 0 Å². The van der Waals surface area contributed by atoms with Gasteiger partial charge in [0.25, 0.3) is 0 Å². The van der Waals surface area contributed by atoms with Crippen molar-refractivity contribution in [3.8, 4) is 0 Å². The first-order chi connectivity index (χ1) is 14.9. The monoisotopic (exact) mass is 477 g/mol. The van der Waals surface area contributed by atoms with Gasteiger partial charge in [0.05, 0.1) is 34.1 Å². The van der Waals surface area contributed by atoms with E-state index in [0.717, 1.165) is 17.8 Å². The fourth-order valence-electron chi connectivity index (χ4n) is 3.26. The van der Waals surface area contributed by atoms with E-state index in [9.17, 15) is 4.79 Å². The SMILES string of the molecule is CCC(c1nnc(SCC(=O)Nc2cccc(Cl)c2Cl)n1Cc1ccccc1)N(C)C. The number of anilines is 1. The Morgan fingerprint density at radius 2 is 1.87 bits per heavy atom. The van der Waals surface area contributed by atoms with Crippen LogP contribution < -0.4 is 5.32 Å². The number of amides is 1. The summed E-state index contributed by atoms with van der Waals surface area (Å²) in [6, 6.07) is 15.4. The molecule has 2 aromatic carbocycles. The van der Waals surface area contributed by atoms with Crippen molar-refractivity contribution >= 4 is 46.6 Å². The largest absolute Gasteiger partial charge is 0.324 e. The molecule has 0 aliphatic heterocycles. The highest BCUT2D eigenvalue weighted by molar-refractivity contribution is 7.99. The summed E-state index contributed by atoms with van der Waals surface area (Å²) >= 11 is 13.5. The second-order valence-corrected chi connectivity index (χ2v) is 8.97. The summed E-state index contributed by atoms with van der Waals surface area (Å²) in [5, 5.41) is 13.1. The molecule has 1 amide bonds. The number of nitrogens with one attached hydrogen (secondary N) is 1. The van der Waals surface area contributed by atoms with Gasteiger partial charge < -0.3 is 9.88 Å². The Balaban J connectivity index is 1.79. The molecule has 6 nitrogen and oxygen atoms in total. The molecule has 164 valence electrons. The summed E-state index contributed by atoms with van der Waals surface area (Å²) in [6.45, 7) is 2.76. The third kappa shape index (κ3) is 6.01. The molecular weight excluding hydrogens is 453 g/mol. The third-order valence-corrected chi connectivity index (χ3v) is 6.58. The average Bonchev–Trinajstić information content (AvgIpc) is 3.13. The van der Waals surface area contributed by atoms with Crippen LogP contribution in [-0.2, 0) is 11.3 Å². The Labute approximate surface area is 196 Å². The third-order valence-electron chi connectivity index (χ3n) is 4.80. The molecule has 0 saturated heterocycles. The fraction of sp³-hybridized carbons (Fsp3) is 0.318. The second-order valence-electron chi connectivity index (χ2n) is 7.24. The Bertz CT molecular complexity index is 1030. The zero-order valence-electron chi connectivity index (χ0n) is 17.7. The highest BCUT2D eigenvalue weighted by atomic mass is 35.5. The van der Waals surface area contributed by atoms with Gasteiger partial charge in [-0.05, 0) is 38.2 Å². The van der Waals surface area contributed by atoms with E-state index in [1.54, 1.807) is 18.2 Å². The number of rotatable bonds is 9. The lowest BCUT2D eigenvalue weighted by molar-refractivity contribution is -0.113. The first-order valence-electron chi connectivity index (χ1n) is 9.90. The molecule has 3 rings (SSSR count). The molecule has 1 atom stereocenters. The molecule has 31 heavy (non-hydrogen) atoms. The molecule has 1 aromatic heterocycles. The van der Waals surface area contributed by atoms with Gasteiger partial charge in [-0.25, -0.2) is 0 Å². The standard InChI is InChI=1S/C22H25Cl2N5OS/c1-4-18(28(2)3)21-26-27-22(29(21)13-15-9-6-5-7-10-15)31-14-19(30)25-17-12-8-11-16(23)20(17)24/h5-12,18H,4,13-14H2,1-3H3,(H,25,30). The molecule has 9 heteroatoms. The molecule has 0 saturated carbocycles. The summed E-state index contributed by atoms with van der Waals surface area (Å²) in [5.74, 6) is 0.871. The van der Waals surface area contributed by atoms with E-state index in [1.165, 1.54) is 11.8 Å². The molecule has 0 radical (unpaired) electrons. The average molecular weight is 478 g/mol. The summed E-state index contributed by atoms with van der Waals surface area (Å²) in [4.78, 5) is 14.7. The van der Waals surface area contributed by atoms with Gasteiger partial charge in [0.2, 0.25) is 5.91 Å². The highest BCUT2D eigenvalue weighted by Gasteiger charge is 2.22. The number of thioether (sulfide) groups is 1. The number of nitrogens with zero attached hydrogens (tertiary/aromatic N) is 4. The van der Waals surface area contributed by atoms with E-state index in [4.69, 9.17) is 23.2 Å². The van der Waals surface area contributed by atoms with Gasteiger partial charge >= 0.3 is 0 Å². The smallest absolute Gasteiger partial charge is 0.234 e. The van der Waals surface area contributed by atoms with Crippen molar-refractivity contribution in [2.24, 2.45) is 0 Å². The van der Waals surface area contributed by atoms with Crippen molar-refractivity contribution in [2.75, 3.05) is 25.2 Å². The van der Waals surface area contributed by atoms with Crippen LogP contribution in [0.1, 0.15) is 30.8 Å². The molecule has 0 aliphatic carbocycles. The zero-order valence-corrected chi connectivity index (χ0v) is 20.0. The van der Waals surface area contributed by atoms with Crippen molar-refractivity contribution < 1.29 is 4.79 Å². The summed E-state index contributed by atoms with van der Waals surface area (Å²) < 4.78 is 2.09. The number of carbonyl (C=O) groups is 1. The first kappa shape index (κ1) is 23.6. The van der Waals surface area contributed by atoms with E-state index < -0.39 is 0 Å². The molecule has 0 spiro atoms. The van der Waals surface area contributed by atoms with Crippen molar-refractivity contribution in [1.29, 1.82) is 0 Å². The minimum atomic E-state index is -0.190. The zero-order chi connectivity index (χ0) is 22.4. The number of carbonyl (C=O) groups excluding carboxylic acids is 1. The molecule has 1 unspecified atom stereocenters. The van der Waals surface area contributed by atoms with Gasteiger partial charge in [0, 0.05) is 0 Å². The van der Waals surface area contributed by atoms with Crippen LogP contribution in [0.3, 0.4) is 0 Å². The molecule has 0 aliphatic rings. The van der Waals surface area contributed by atoms with Gasteiger partial charge in [0.15, 0.2) is 11.0 Å². The van der Waals surface area contributed by atoms with Gasteiger partial charge in [-0.2, -0.15) is 0 Å². The topological polar surface area (TPSA) is 63.1 Å². The molecule has 0 bridgehead atoms. The molecule has 1 heterocycles. The Kier molecular flexibility index (Phi) is 8.37. The number of hydrogen-bond acceptors (Lipinski definition) is 5. The van der Waals surface area contributed by atoms with Crippen molar-refractivity contribution in [2.45, 2.75) is 31.1 Å².